The van der Waals surface area contributed by atoms with E-state index in [1.54, 1.807) is 60.7 Å². The number of carbonyl (C=O) groups is 4. The molecule has 0 aromatic heterocycles. The Hall–Kier alpha value is -6.16. The fourth-order valence-corrected chi connectivity index (χ4v) is 4.39. The van der Waals surface area contributed by atoms with Crippen molar-refractivity contribution in [2.75, 3.05) is 26.4 Å². The normalized spacial score (nSPS) is 10.3. The molecule has 0 N–H and O–H groups in total. The third kappa shape index (κ3) is 12.1. The zero-order valence-electron chi connectivity index (χ0n) is 27.5. The van der Waals surface area contributed by atoms with Gasteiger partial charge in [0, 0.05) is 12.2 Å². The summed E-state index contributed by atoms with van der Waals surface area (Å²) in [5.41, 5.74) is 2.60. The predicted molar refractivity (Wildman–Crippen MR) is 186 cm³/mol. The molecule has 0 spiro atoms. The summed E-state index contributed by atoms with van der Waals surface area (Å²) in [5.74, 6) is -0.0331. The summed E-state index contributed by atoms with van der Waals surface area (Å²) < 4.78 is 32.2. The topological polar surface area (TPSA) is 124 Å². The van der Waals surface area contributed by atoms with Crippen molar-refractivity contribution in [1.82, 2.24) is 0 Å². The second kappa shape index (κ2) is 19.6. The van der Waals surface area contributed by atoms with Gasteiger partial charge in [-0.15, -0.1) is 0 Å². The molecular weight excluding hydrogens is 640 g/mol. The SMILES string of the molecule is C=CC(=O)OCCCCOc1ccc(C(=O)Oc2ccc(OC(=O)c3ccc(-c4ccc(OCCCCOC(=O)C=C)cc4)cc3)cc2)cc1. The third-order valence-electron chi connectivity index (χ3n) is 7.08. The van der Waals surface area contributed by atoms with Crippen molar-refractivity contribution in [2.45, 2.75) is 25.7 Å². The van der Waals surface area contributed by atoms with Crippen LogP contribution in [0.5, 0.6) is 23.0 Å². The molecule has 4 aromatic rings. The first-order valence-electron chi connectivity index (χ1n) is 16.0. The van der Waals surface area contributed by atoms with Gasteiger partial charge >= 0.3 is 23.9 Å². The van der Waals surface area contributed by atoms with Crippen LogP contribution in [0.25, 0.3) is 11.1 Å². The lowest BCUT2D eigenvalue weighted by atomic mass is 10.0. The molecule has 0 unspecified atom stereocenters. The van der Waals surface area contributed by atoms with E-state index in [9.17, 15) is 19.2 Å². The molecule has 10 heteroatoms. The predicted octanol–water partition coefficient (Wildman–Crippen LogP) is 7.57. The molecule has 0 radical (unpaired) electrons. The Kier molecular flexibility index (Phi) is 14.4. The molecule has 0 aliphatic carbocycles. The molecular formula is C40H38O10. The van der Waals surface area contributed by atoms with Crippen LogP contribution in [0.3, 0.4) is 0 Å². The van der Waals surface area contributed by atoms with Gasteiger partial charge < -0.3 is 28.4 Å². The number of benzene rings is 4. The number of unbranched alkanes of at least 4 members (excludes halogenated alkanes) is 2. The summed E-state index contributed by atoms with van der Waals surface area (Å²) in [7, 11) is 0. The number of rotatable bonds is 19. The molecule has 50 heavy (non-hydrogen) atoms. The molecule has 0 heterocycles. The van der Waals surface area contributed by atoms with E-state index in [2.05, 4.69) is 13.2 Å². The second-order valence-electron chi connectivity index (χ2n) is 10.7. The monoisotopic (exact) mass is 678 g/mol. The van der Waals surface area contributed by atoms with Crippen molar-refractivity contribution >= 4 is 23.9 Å². The maximum atomic E-state index is 12.8. The van der Waals surface area contributed by atoms with Crippen LogP contribution in [-0.4, -0.2) is 50.3 Å². The van der Waals surface area contributed by atoms with E-state index in [-0.39, 0.29) is 0 Å². The maximum Gasteiger partial charge on any atom is 0.343 e. The van der Waals surface area contributed by atoms with Crippen LogP contribution < -0.4 is 18.9 Å². The Labute approximate surface area is 290 Å². The van der Waals surface area contributed by atoms with E-state index in [0.717, 1.165) is 35.4 Å². The van der Waals surface area contributed by atoms with Crippen LogP contribution in [0, 0.1) is 0 Å². The van der Waals surface area contributed by atoms with E-state index >= 15 is 0 Å². The molecule has 0 amide bonds. The molecule has 0 bridgehead atoms. The average molecular weight is 679 g/mol. The molecule has 0 saturated heterocycles. The second-order valence-corrected chi connectivity index (χ2v) is 10.7. The lowest BCUT2D eigenvalue weighted by molar-refractivity contribution is -0.138. The average Bonchev–Trinajstić information content (AvgIpc) is 3.15. The lowest BCUT2D eigenvalue weighted by Crippen LogP contribution is -2.09. The van der Waals surface area contributed by atoms with Gasteiger partial charge in [-0.2, -0.15) is 0 Å². The summed E-state index contributed by atoms with van der Waals surface area (Å²) in [6.07, 6.45) is 5.06. The van der Waals surface area contributed by atoms with Gasteiger partial charge in [-0.3, -0.25) is 0 Å². The van der Waals surface area contributed by atoms with Gasteiger partial charge in [-0.05, 0) is 110 Å². The summed E-state index contributed by atoms with van der Waals surface area (Å²) in [5, 5.41) is 0. The van der Waals surface area contributed by atoms with Crippen LogP contribution in [0.15, 0.2) is 122 Å². The quantitative estimate of drug-likeness (QED) is 0.0425. The van der Waals surface area contributed by atoms with Gasteiger partial charge in [0.2, 0.25) is 0 Å². The van der Waals surface area contributed by atoms with E-state index in [0.29, 0.717) is 74.1 Å². The van der Waals surface area contributed by atoms with Crippen molar-refractivity contribution in [3.05, 3.63) is 133 Å². The van der Waals surface area contributed by atoms with Crippen LogP contribution in [0.1, 0.15) is 46.4 Å². The molecule has 10 nitrogen and oxygen atoms in total. The number of ether oxygens (including phenoxy) is 6. The van der Waals surface area contributed by atoms with Crippen molar-refractivity contribution in [3.8, 4) is 34.1 Å². The molecule has 0 saturated carbocycles. The van der Waals surface area contributed by atoms with E-state index in [1.807, 2.05) is 36.4 Å². The highest BCUT2D eigenvalue weighted by Crippen LogP contribution is 2.25. The van der Waals surface area contributed by atoms with E-state index < -0.39 is 23.9 Å². The van der Waals surface area contributed by atoms with Crippen LogP contribution in [0.4, 0.5) is 0 Å². The van der Waals surface area contributed by atoms with Gasteiger partial charge in [-0.1, -0.05) is 37.4 Å². The fraction of sp³-hybridized carbons (Fsp3) is 0.200. The van der Waals surface area contributed by atoms with Crippen LogP contribution >= 0.6 is 0 Å². The number of hydrogen-bond donors (Lipinski definition) is 0. The smallest absolute Gasteiger partial charge is 0.343 e. The number of carbonyl (C=O) groups excluding carboxylic acids is 4. The number of esters is 4. The minimum absolute atomic E-state index is 0.291. The minimum Gasteiger partial charge on any atom is -0.494 e. The molecule has 0 atom stereocenters. The molecule has 0 aliphatic rings. The van der Waals surface area contributed by atoms with Crippen molar-refractivity contribution in [2.24, 2.45) is 0 Å². The zero-order chi connectivity index (χ0) is 35.6. The Balaban J connectivity index is 1.18. The highest BCUT2D eigenvalue weighted by molar-refractivity contribution is 5.92. The van der Waals surface area contributed by atoms with Gasteiger partial charge in [-0.25, -0.2) is 19.2 Å². The highest BCUT2D eigenvalue weighted by Gasteiger charge is 2.12. The minimum atomic E-state index is -0.548. The Morgan fingerprint density at radius 3 is 1.16 bits per heavy atom. The summed E-state index contributed by atoms with van der Waals surface area (Å²) in [6.45, 7) is 8.27. The first kappa shape index (κ1) is 36.7. The highest BCUT2D eigenvalue weighted by atomic mass is 16.5. The zero-order valence-corrected chi connectivity index (χ0v) is 27.5. The first-order chi connectivity index (χ1) is 24.3. The molecule has 4 aromatic carbocycles. The summed E-state index contributed by atoms with van der Waals surface area (Å²) in [6, 6.07) is 27.4. The number of hydrogen-bond acceptors (Lipinski definition) is 10. The van der Waals surface area contributed by atoms with Crippen LogP contribution in [0.2, 0.25) is 0 Å². The van der Waals surface area contributed by atoms with Crippen molar-refractivity contribution < 1.29 is 47.6 Å². The molecule has 4 rings (SSSR count). The third-order valence-corrected chi connectivity index (χ3v) is 7.08. The van der Waals surface area contributed by atoms with E-state index in [4.69, 9.17) is 28.4 Å². The van der Waals surface area contributed by atoms with Gasteiger partial charge in [0.05, 0.1) is 37.6 Å². The Morgan fingerprint density at radius 2 is 0.760 bits per heavy atom. The Morgan fingerprint density at radius 1 is 0.440 bits per heavy atom. The van der Waals surface area contributed by atoms with E-state index in [1.165, 1.54) is 0 Å². The lowest BCUT2D eigenvalue weighted by Gasteiger charge is -2.09. The van der Waals surface area contributed by atoms with Gasteiger partial charge in [0.25, 0.3) is 0 Å². The largest absolute Gasteiger partial charge is 0.494 e. The van der Waals surface area contributed by atoms with Crippen molar-refractivity contribution in [3.63, 3.8) is 0 Å². The van der Waals surface area contributed by atoms with Crippen molar-refractivity contribution in [1.29, 1.82) is 0 Å². The van der Waals surface area contributed by atoms with Gasteiger partial charge in [0.15, 0.2) is 0 Å². The molecule has 0 aliphatic heterocycles. The summed E-state index contributed by atoms with van der Waals surface area (Å²) in [4.78, 5) is 47.4. The maximum absolute atomic E-state index is 12.8. The summed E-state index contributed by atoms with van der Waals surface area (Å²) >= 11 is 0. The standard InChI is InChI=1S/C40H38O10/c1-3-37(41)47-27-7-5-25-45-33-17-13-30(14-18-33)29-9-11-31(12-10-29)39(43)49-35-21-23-36(24-22-35)50-40(44)32-15-19-34(20-16-32)46-26-6-8-28-48-38(42)4-2/h3-4,9-24H,1-2,5-8,25-28H2. The first-order valence-corrected chi connectivity index (χ1v) is 16.0. The molecule has 0 fully saturated rings. The van der Waals surface area contributed by atoms with Gasteiger partial charge in [0.1, 0.15) is 23.0 Å². The van der Waals surface area contributed by atoms with Crippen LogP contribution in [-0.2, 0) is 19.1 Å². The molecule has 258 valence electrons. The Bertz CT molecular complexity index is 1730. The fourth-order valence-electron chi connectivity index (χ4n) is 4.39.